The van der Waals surface area contributed by atoms with Gasteiger partial charge < -0.3 is 10.3 Å². The molecule has 146 valence electrons. The number of carbonyl (C=O) groups excluding carboxylic acids is 1. The minimum atomic E-state index is -4.73. The molecule has 0 radical (unpaired) electrons. The topological polar surface area (TPSA) is 112 Å². The number of rotatable bonds is 6. The van der Waals surface area contributed by atoms with E-state index in [4.69, 9.17) is 0 Å². The maximum atomic E-state index is 12.8. The van der Waals surface area contributed by atoms with Gasteiger partial charge in [0.25, 0.3) is 10.1 Å². The minimum absolute atomic E-state index is 0.0723. The average molecular weight is 407 g/mol. The van der Waals surface area contributed by atoms with Crippen LogP contribution in [0.15, 0.2) is 78.9 Å². The van der Waals surface area contributed by atoms with E-state index in [2.05, 4.69) is 15.3 Å². The highest BCUT2D eigenvalue weighted by molar-refractivity contribution is 7.87. The Morgan fingerprint density at radius 1 is 0.897 bits per heavy atom. The Hall–Kier alpha value is -3.49. The maximum Gasteiger partial charge on any atom is 0.294 e. The third-order valence-corrected chi connectivity index (χ3v) is 5.40. The highest BCUT2D eigenvalue weighted by Crippen LogP contribution is 2.21. The molecule has 1 unspecified atom stereocenters. The summed E-state index contributed by atoms with van der Waals surface area (Å²) in [4.78, 5) is 19.9. The van der Waals surface area contributed by atoms with Gasteiger partial charge in [-0.15, -0.1) is 0 Å². The molecule has 0 aliphatic heterocycles. The lowest BCUT2D eigenvalue weighted by Gasteiger charge is -2.14. The number of fused-ring (bicyclic) bond motifs is 1. The molecule has 29 heavy (non-hydrogen) atoms. The molecular formula is C21H17N3O4S. The van der Waals surface area contributed by atoms with Gasteiger partial charge >= 0.3 is 0 Å². The third-order valence-electron chi connectivity index (χ3n) is 4.47. The quantitative estimate of drug-likeness (QED) is 0.332. The van der Waals surface area contributed by atoms with Crippen molar-refractivity contribution in [1.29, 1.82) is 0 Å². The van der Waals surface area contributed by atoms with E-state index < -0.39 is 21.3 Å². The smallest absolute Gasteiger partial charge is 0.294 e. The molecule has 0 amide bonds. The summed E-state index contributed by atoms with van der Waals surface area (Å²) in [6.07, 6.45) is 0. The van der Waals surface area contributed by atoms with Gasteiger partial charge in [0.15, 0.2) is 0 Å². The highest BCUT2D eigenvalue weighted by atomic mass is 32.2. The van der Waals surface area contributed by atoms with Crippen LogP contribution in [0.5, 0.6) is 0 Å². The second-order valence-electron chi connectivity index (χ2n) is 6.45. The van der Waals surface area contributed by atoms with Crippen molar-refractivity contribution in [2.75, 3.05) is 5.32 Å². The van der Waals surface area contributed by atoms with Gasteiger partial charge in [0.2, 0.25) is 17.1 Å². The van der Waals surface area contributed by atoms with Crippen LogP contribution in [0.2, 0.25) is 0 Å². The summed E-state index contributed by atoms with van der Waals surface area (Å²) in [6, 6.07) is 23.2. The summed E-state index contributed by atoms with van der Waals surface area (Å²) in [5.41, 5.74) is 3.28. The molecular weight excluding hydrogens is 390 g/mol. The zero-order valence-corrected chi connectivity index (χ0v) is 15.9. The van der Waals surface area contributed by atoms with E-state index in [0.29, 0.717) is 11.0 Å². The van der Waals surface area contributed by atoms with E-state index in [0.717, 1.165) is 11.1 Å². The first kappa shape index (κ1) is 18.9. The van der Waals surface area contributed by atoms with Crippen molar-refractivity contribution in [1.82, 2.24) is 9.97 Å². The van der Waals surface area contributed by atoms with Gasteiger partial charge in [-0.05, 0) is 23.3 Å². The second-order valence-corrected chi connectivity index (χ2v) is 7.95. The molecule has 0 fully saturated rings. The Labute approximate surface area is 167 Å². The van der Waals surface area contributed by atoms with E-state index in [9.17, 15) is 17.8 Å². The first-order chi connectivity index (χ1) is 13.9. The fourth-order valence-corrected chi connectivity index (χ4v) is 3.70. The number of Topliss-reactive ketones (excluding diaryl/α,β-unsaturated/α-hetero) is 1. The Morgan fingerprint density at radius 3 is 2.17 bits per heavy atom. The van der Waals surface area contributed by atoms with Crippen LogP contribution in [0, 0.1) is 0 Å². The Kier molecular flexibility index (Phi) is 4.87. The van der Waals surface area contributed by atoms with Crippen molar-refractivity contribution in [3.8, 4) is 11.1 Å². The first-order valence-electron chi connectivity index (χ1n) is 8.79. The fraction of sp³-hybridized carbons (Fsp3) is 0.0476. The molecule has 1 heterocycles. The number of aromatic amines is 1. The molecule has 1 aromatic heterocycles. The van der Waals surface area contributed by atoms with Gasteiger partial charge in [0, 0.05) is 5.56 Å². The monoisotopic (exact) mass is 407 g/mol. The van der Waals surface area contributed by atoms with Crippen molar-refractivity contribution in [3.63, 3.8) is 0 Å². The van der Waals surface area contributed by atoms with Crippen LogP contribution in [0.4, 0.5) is 5.95 Å². The summed E-state index contributed by atoms with van der Waals surface area (Å²) in [5.74, 6) is -0.712. The van der Waals surface area contributed by atoms with Crippen molar-refractivity contribution in [2.24, 2.45) is 0 Å². The summed E-state index contributed by atoms with van der Waals surface area (Å²) in [5, 5.41) is 0.615. The molecule has 0 saturated carbocycles. The van der Waals surface area contributed by atoms with Crippen LogP contribution in [-0.2, 0) is 10.1 Å². The molecule has 7 nitrogen and oxygen atoms in total. The lowest BCUT2D eigenvalue weighted by atomic mass is 10.0. The van der Waals surface area contributed by atoms with Crippen LogP contribution in [0.3, 0.4) is 0 Å². The predicted octanol–water partition coefficient (Wildman–Crippen LogP) is 3.74. The number of H-pyrrole nitrogens is 1. The molecule has 0 aliphatic rings. The lowest BCUT2D eigenvalue weighted by molar-refractivity contribution is 0.0991. The van der Waals surface area contributed by atoms with Crippen molar-refractivity contribution >= 4 is 32.9 Å². The molecule has 0 aliphatic carbocycles. The number of nitrogens with zero attached hydrogens (tertiary/aromatic N) is 1. The molecule has 3 N–H and O–H groups in total. The van der Waals surface area contributed by atoms with E-state index in [1.807, 2.05) is 30.3 Å². The zero-order valence-electron chi connectivity index (χ0n) is 15.1. The fourth-order valence-electron chi connectivity index (χ4n) is 3.03. The normalized spacial score (nSPS) is 12.6. The zero-order chi connectivity index (χ0) is 20.4. The van der Waals surface area contributed by atoms with Crippen LogP contribution in [0.25, 0.3) is 22.2 Å². The minimum Gasteiger partial charge on any atom is -0.331 e. The van der Waals surface area contributed by atoms with E-state index in [1.165, 1.54) is 12.1 Å². The summed E-state index contributed by atoms with van der Waals surface area (Å²) < 4.78 is 33.4. The molecule has 4 rings (SSSR count). The van der Waals surface area contributed by atoms with E-state index in [-0.39, 0.29) is 11.5 Å². The maximum absolute atomic E-state index is 12.8. The molecule has 4 aromatic rings. The highest BCUT2D eigenvalue weighted by Gasteiger charge is 2.32. The van der Waals surface area contributed by atoms with E-state index >= 15 is 0 Å². The number of benzene rings is 3. The van der Waals surface area contributed by atoms with Crippen molar-refractivity contribution in [2.45, 2.75) is 5.37 Å². The number of aromatic nitrogens is 2. The summed E-state index contributed by atoms with van der Waals surface area (Å²) >= 11 is 0. The lowest BCUT2D eigenvalue weighted by Crippen LogP contribution is -2.37. The molecule has 1 atom stereocenters. The molecule has 8 heteroatoms. The first-order valence-corrected chi connectivity index (χ1v) is 10.3. The van der Waals surface area contributed by atoms with Crippen LogP contribution in [-0.4, -0.2) is 34.1 Å². The predicted molar refractivity (Wildman–Crippen MR) is 111 cm³/mol. The molecule has 0 bridgehead atoms. The number of imidazole rings is 1. The van der Waals surface area contributed by atoms with Gasteiger partial charge in [-0.3, -0.25) is 9.35 Å². The number of hydrogen-bond acceptors (Lipinski definition) is 5. The van der Waals surface area contributed by atoms with Gasteiger partial charge in [0.05, 0.1) is 11.0 Å². The largest absolute Gasteiger partial charge is 0.331 e. The number of carbonyl (C=O) groups is 1. The van der Waals surface area contributed by atoms with Crippen molar-refractivity contribution in [3.05, 3.63) is 84.4 Å². The number of nitrogens with one attached hydrogen (secondary N) is 2. The summed E-state index contributed by atoms with van der Waals surface area (Å²) in [6.45, 7) is 0. The molecule has 0 saturated heterocycles. The Bertz CT molecular complexity index is 1230. The SMILES string of the molecule is O=C(c1ccc(-c2ccccc2)cc1)C(Nc1nc2ccccc2[nH]1)S(=O)(=O)O. The van der Waals surface area contributed by atoms with Gasteiger partial charge in [-0.2, -0.15) is 8.42 Å². The number of hydrogen-bond donors (Lipinski definition) is 3. The second kappa shape index (κ2) is 7.50. The molecule has 0 spiro atoms. The average Bonchev–Trinajstić information content (AvgIpc) is 3.14. The number of anilines is 1. The standard InChI is InChI=1S/C21H17N3O4S/c25-19(16-12-10-15(11-13-16)14-6-2-1-3-7-14)20(29(26,27)28)24-21-22-17-8-4-5-9-18(17)23-21/h1-13,20H,(H2,22,23,24)(H,26,27,28). The van der Waals surface area contributed by atoms with E-state index in [1.54, 1.807) is 36.4 Å². The van der Waals surface area contributed by atoms with Crippen molar-refractivity contribution < 1.29 is 17.8 Å². The Morgan fingerprint density at radius 2 is 1.52 bits per heavy atom. The Balaban J connectivity index is 1.62. The third kappa shape index (κ3) is 4.03. The number of ketones is 1. The number of para-hydroxylation sites is 2. The van der Waals surface area contributed by atoms with Crippen LogP contribution >= 0.6 is 0 Å². The van der Waals surface area contributed by atoms with Gasteiger partial charge in [-0.25, -0.2) is 4.98 Å². The summed E-state index contributed by atoms with van der Waals surface area (Å²) in [7, 11) is -4.73. The van der Waals surface area contributed by atoms with Gasteiger partial charge in [0.1, 0.15) is 0 Å². The van der Waals surface area contributed by atoms with Crippen LogP contribution in [0.1, 0.15) is 10.4 Å². The van der Waals surface area contributed by atoms with Crippen LogP contribution < -0.4 is 5.32 Å². The van der Waals surface area contributed by atoms with Gasteiger partial charge in [-0.1, -0.05) is 66.7 Å². The molecule has 3 aromatic carbocycles.